The summed E-state index contributed by atoms with van der Waals surface area (Å²) in [6.07, 6.45) is 3.75. The number of aromatic amines is 2. The first-order valence-electron chi connectivity index (χ1n) is 28.8. The number of aromatic nitrogens is 4. The molecule has 0 unspecified atom stereocenters. The van der Waals surface area contributed by atoms with E-state index in [0.29, 0.717) is 70.8 Å². The fraction of sp³-hybridized carbons (Fsp3) is 0.793. The Labute approximate surface area is 450 Å². The first-order valence-corrected chi connectivity index (χ1v) is 28.8. The Morgan fingerprint density at radius 2 is 1.73 bits per heavy atom. The summed E-state index contributed by atoms with van der Waals surface area (Å²) in [6, 6.07) is -0.512. The van der Waals surface area contributed by atoms with Crippen molar-refractivity contribution in [2.24, 2.45) is 96.9 Å². The summed E-state index contributed by atoms with van der Waals surface area (Å²) in [5, 5.41) is 99.9. The maximum absolute atomic E-state index is 15.5. The van der Waals surface area contributed by atoms with E-state index in [0.717, 1.165) is 29.2 Å². The van der Waals surface area contributed by atoms with Crippen molar-refractivity contribution in [1.29, 1.82) is 0 Å². The van der Waals surface area contributed by atoms with Gasteiger partial charge in [0, 0.05) is 54.3 Å². The van der Waals surface area contributed by atoms with E-state index in [1.54, 1.807) is 18.9 Å². The molecule has 1 spiro atoms. The van der Waals surface area contributed by atoms with Crippen LogP contribution < -0.4 is 16.4 Å². The number of carboxylic acids is 1. The molecule has 14 N–H and O–H groups in total. The highest BCUT2D eigenvalue weighted by atomic mass is 16.7. The van der Waals surface area contributed by atoms with Gasteiger partial charge in [-0.1, -0.05) is 64.5 Å². The standard InChI is InChI=1S/C58H83N7O12/c1-52(24-66)15-16-58(51(74)75)35(20-52)31-17-28-8-9-29-7-6-13-57(29)33(42(65-50(57)73)30(10-11-41(59)69)38-22-60-26-62-38)18-34-43(70)47(77-49-45(72)44(71)39(68)23-76-49)53(2,25-67)40-12-14-54(3,46(28)55(34,40)4)56(31,5)32-19-37-48(64-27-63-37)61-21-36(32)58/h17,22,26-30,32-36,39-47,49,61,66-72H,6-7,10-16,18-21,23-25,59H2,1-5H3,(H,60,62)(H,63,64)(H,65,73)(H,74,75)/t28-,29-,30+,32-,33+,34-,35-,36+,39+,40+,41-,42+,43+,44-,45+,46-,47+,49-,52-,53-,54+,55-,56-,57+,58+/m0/s1. The lowest BCUT2D eigenvalue weighted by Crippen LogP contribution is -2.75. The van der Waals surface area contributed by atoms with Crippen molar-refractivity contribution in [3.8, 4) is 11.8 Å². The van der Waals surface area contributed by atoms with E-state index < -0.39 is 123 Å². The Bertz CT molecular complexity index is 2710. The molecule has 0 aromatic carbocycles. The monoisotopic (exact) mass is 1070 g/mol. The number of ether oxygens (including phenoxy) is 2. The first kappa shape index (κ1) is 53.7. The molecular formula is C58H83N7O12. The molecule has 19 nitrogen and oxygen atoms in total. The lowest BCUT2D eigenvalue weighted by atomic mass is 9.28. The molecule has 2 aromatic rings. The Hall–Kier alpha value is -3.94. The number of hydrogen-bond acceptors (Lipinski definition) is 15. The van der Waals surface area contributed by atoms with E-state index in [-0.39, 0.29) is 61.0 Å². The average molecular weight is 1070 g/mol. The summed E-state index contributed by atoms with van der Waals surface area (Å²) in [5.74, 6) is 3.53. The third-order valence-electron chi connectivity index (χ3n) is 24.3. The van der Waals surface area contributed by atoms with Crippen molar-refractivity contribution in [3.63, 3.8) is 0 Å². The Morgan fingerprint density at radius 1 is 0.935 bits per heavy atom. The van der Waals surface area contributed by atoms with Gasteiger partial charge in [-0.3, -0.25) is 9.59 Å². The van der Waals surface area contributed by atoms with Crippen molar-refractivity contribution >= 4 is 17.7 Å². The van der Waals surface area contributed by atoms with E-state index >= 15 is 4.79 Å². The summed E-state index contributed by atoms with van der Waals surface area (Å²) in [5.41, 5.74) is 2.66. The predicted molar refractivity (Wildman–Crippen MR) is 278 cm³/mol. The number of carboxylic acid groups (broad SMARTS) is 1. The Morgan fingerprint density at radius 3 is 2.44 bits per heavy atom. The molecular weight excluding hydrogens is 987 g/mol. The van der Waals surface area contributed by atoms with E-state index in [1.165, 1.54) is 0 Å². The van der Waals surface area contributed by atoms with Gasteiger partial charge in [0.1, 0.15) is 30.4 Å². The average Bonchev–Trinajstić information content (AvgIpc) is 4.25. The molecule has 2 saturated heterocycles. The van der Waals surface area contributed by atoms with Crippen molar-refractivity contribution in [3.05, 3.63) is 41.9 Å². The van der Waals surface area contributed by atoms with Crippen molar-refractivity contribution < 1.29 is 59.9 Å². The highest BCUT2D eigenvalue weighted by Gasteiger charge is 2.78. The second kappa shape index (κ2) is 18.5. The summed E-state index contributed by atoms with van der Waals surface area (Å²) in [7, 11) is 0. The molecule has 5 saturated carbocycles. The number of allylic oxidation sites excluding steroid dienone is 2. The summed E-state index contributed by atoms with van der Waals surface area (Å²) in [6.45, 7) is 10.6. The summed E-state index contributed by atoms with van der Waals surface area (Å²) in [4.78, 5) is 46.0. The molecule has 12 rings (SSSR count). The number of imidazole rings is 2. The molecule has 0 radical (unpaired) electrons. The number of carbonyl (C=O) groups is 2. The van der Waals surface area contributed by atoms with Crippen LogP contribution in [-0.2, 0) is 25.5 Å². The van der Waals surface area contributed by atoms with Gasteiger partial charge in [-0.2, -0.15) is 0 Å². The zero-order chi connectivity index (χ0) is 54.6. The molecule has 3 aliphatic heterocycles. The van der Waals surface area contributed by atoms with E-state index in [1.807, 2.05) is 6.92 Å². The molecule has 25 atom stereocenters. The normalized spacial score (nSPS) is 50.1. The molecule has 19 heteroatoms. The third kappa shape index (κ3) is 7.24. The number of H-pyrrole nitrogens is 2. The fourth-order valence-corrected chi connectivity index (χ4v) is 20.5. The lowest BCUT2D eigenvalue weighted by molar-refractivity contribution is -0.343. The number of carbonyl (C=O) groups excluding carboxylic acids is 1. The first-order chi connectivity index (χ1) is 36.6. The van der Waals surface area contributed by atoms with Crippen LogP contribution in [0.25, 0.3) is 0 Å². The van der Waals surface area contributed by atoms with Crippen molar-refractivity contribution in [2.75, 3.05) is 31.7 Å². The van der Waals surface area contributed by atoms with Crippen LogP contribution in [0, 0.1) is 103 Å². The second-order valence-corrected chi connectivity index (χ2v) is 27.2. The number of fused-ring (bicyclic) bond motifs is 8. The third-order valence-corrected chi connectivity index (χ3v) is 24.3. The number of rotatable bonds is 10. The zero-order valence-electron chi connectivity index (χ0n) is 45.2. The minimum atomic E-state index is -1.67. The van der Waals surface area contributed by atoms with Crippen LogP contribution in [0.2, 0.25) is 0 Å². The highest BCUT2D eigenvalue weighted by molar-refractivity contribution is 5.87. The minimum absolute atomic E-state index is 0.0834. The van der Waals surface area contributed by atoms with Gasteiger partial charge in [-0.05, 0) is 134 Å². The molecule has 77 heavy (non-hydrogen) atoms. The minimum Gasteiger partial charge on any atom is -0.481 e. The SMILES string of the molecule is C[C@]1(CO)CC[C@]2(C(=O)O)[C@@H]3CNc4nc[nH]c4C[C@@H]3[C@]3(C)C(=C[C@@H]4C#C[C@@H]5CCC[C@@]56C(=O)N[C@H]([C@H](CC[C@@H](N)O)c5cnc[nH]5)[C@H]6C[C@H]5[C@@H](O)[C@@H](O[C@@H]6OC[C@@H](O)[C@H](O)[C@H]6O)[C@@](C)(CO)[C@H]6CC[C@]3(C)[C@H]4[C@]65C)[C@@H]2C1. The fourth-order valence-electron chi connectivity index (χ4n) is 20.5. The lowest BCUT2D eigenvalue weighted by Gasteiger charge is -2.76. The van der Waals surface area contributed by atoms with Gasteiger partial charge >= 0.3 is 5.97 Å². The number of nitrogens with one attached hydrogen (secondary N) is 4. The number of nitrogens with zero attached hydrogens (tertiary/aromatic N) is 2. The number of nitrogens with two attached hydrogens (primary N) is 1. The smallest absolute Gasteiger partial charge is 0.310 e. The summed E-state index contributed by atoms with van der Waals surface area (Å²) < 4.78 is 12.8. The van der Waals surface area contributed by atoms with Gasteiger partial charge in [0.2, 0.25) is 5.91 Å². The van der Waals surface area contributed by atoms with Crippen molar-refractivity contribution in [2.45, 2.75) is 167 Å². The van der Waals surface area contributed by atoms with Crippen LogP contribution in [0.1, 0.15) is 123 Å². The molecule has 422 valence electrons. The highest BCUT2D eigenvalue weighted by Crippen LogP contribution is 2.80. The van der Waals surface area contributed by atoms with Crippen LogP contribution in [0.4, 0.5) is 5.82 Å². The van der Waals surface area contributed by atoms with Gasteiger partial charge in [0.25, 0.3) is 0 Å². The van der Waals surface area contributed by atoms with Crippen LogP contribution in [-0.4, -0.2) is 148 Å². The maximum Gasteiger partial charge on any atom is 0.310 e. The molecule has 1 amide bonds. The van der Waals surface area contributed by atoms with Crippen molar-refractivity contribution in [1.82, 2.24) is 25.3 Å². The van der Waals surface area contributed by atoms with Gasteiger partial charge in [0.15, 0.2) is 6.29 Å². The molecule has 5 heterocycles. The molecule has 7 aliphatic carbocycles. The zero-order valence-corrected chi connectivity index (χ0v) is 45.2. The Balaban J connectivity index is 1.11. The number of aliphatic carboxylic acids is 1. The Kier molecular flexibility index (Phi) is 12.9. The van der Waals surface area contributed by atoms with Gasteiger partial charge in [0.05, 0.1) is 54.6 Å². The van der Waals surface area contributed by atoms with E-state index in [2.05, 4.69) is 71.2 Å². The molecule has 10 aliphatic rings. The molecule has 2 aromatic heterocycles. The van der Waals surface area contributed by atoms with Crippen LogP contribution in [0.3, 0.4) is 0 Å². The quantitative estimate of drug-likeness (QED) is 0.0704. The van der Waals surface area contributed by atoms with Crippen LogP contribution in [0.15, 0.2) is 30.5 Å². The number of anilines is 1. The van der Waals surface area contributed by atoms with Gasteiger partial charge in [-0.15, -0.1) is 0 Å². The number of amides is 1. The van der Waals surface area contributed by atoms with E-state index in [4.69, 9.17) is 20.2 Å². The molecule has 7 fully saturated rings. The van der Waals surface area contributed by atoms with E-state index in [9.17, 15) is 45.6 Å². The van der Waals surface area contributed by atoms with Gasteiger partial charge < -0.3 is 76.7 Å². The van der Waals surface area contributed by atoms with Gasteiger partial charge in [-0.25, -0.2) is 9.97 Å². The molecule has 0 bridgehead atoms. The number of hydrogen-bond donors (Lipinski definition) is 13. The topological polar surface area (TPSA) is 322 Å². The van der Waals surface area contributed by atoms with Crippen LogP contribution in [0.5, 0.6) is 0 Å². The maximum atomic E-state index is 15.5. The number of aliphatic hydroxyl groups excluding tert-OH is 7. The summed E-state index contributed by atoms with van der Waals surface area (Å²) >= 11 is 0. The largest absolute Gasteiger partial charge is 0.481 e. The van der Waals surface area contributed by atoms with Crippen LogP contribution >= 0.6 is 0 Å². The predicted octanol–water partition coefficient (Wildman–Crippen LogP) is 2.78. The second-order valence-electron chi connectivity index (χ2n) is 27.2. The number of aliphatic hydroxyl groups is 7.